The largest absolute Gasteiger partial charge is 0.453 e. The average Bonchev–Trinajstić information content (AvgIpc) is 4.01. The molecular weight excluding hydrogens is 749 g/mol. The molecule has 4 N–H and O–H groups in total. The minimum atomic E-state index is -0.707. The van der Waals surface area contributed by atoms with Gasteiger partial charge in [-0.2, -0.15) is 0 Å². The van der Waals surface area contributed by atoms with Crippen LogP contribution in [0, 0.1) is 30.6 Å². The van der Waals surface area contributed by atoms with Gasteiger partial charge in [0.1, 0.15) is 23.7 Å². The zero-order chi connectivity index (χ0) is 42.3. The van der Waals surface area contributed by atoms with Crippen molar-refractivity contribution in [3.05, 3.63) is 71.8 Å². The molecule has 0 aliphatic carbocycles. The number of aromatic amines is 2. The fourth-order valence-corrected chi connectivity index (χ4v) is 8.73. The summed E-state index contributed by atoms with van der Waals surface area (Å²) < 4.78 is 9.60. The Hall–Kier alpha value is -5.92. The summed E-state index contributed by atoms with van der Waals surface area (Å²) in [5.41, 5.74) is 8.73. The summed E-state index contributed by atoms with van der Waals surface area (Å²) in [6, 6.07) is 16.9. The van der Waals surface area contributed by atoms with E-state index in [0.29, 0.717) is 13.1 Å². The number of likely N-dealkylation sites (tertiary alicyclic amines) is 2. The van der Waals surface area contributed by atoms with Crippen LogP contribution in [-0.4, -0.2) is 93.1 Å². The summed E-state index contributed by atoms with van der Waals surface area (Å²) in [5.74, 6) is 1.49. The summed E-state index contributed by atoms with van der Waals surface area (Å²) in [6.07, 6.45) is 0.276. The molecular formula is C45H56N8O6. The van der Waals surface area contributed by atoms with Crippen LogP contribution in [-0.2, 0) is 19.1 Å². The molecule has 3 aromatic carbocycles. The van der Waals surface area contributed by atoms with Crippen LogP contribution in [0.3, 0.4) is 0 Å². The number of aromatic nitrogens is 4. The van der Waals surface area contributed by atoms with Crippen molar-refractivity contribution in [1.82, 2.24) is 40.4 Å². The lowest BCUT2D eigenvalue weighted by Crippen LogP contribution is -2.51. The van der Waals surface area contributed by atoms with Gasteiger partial charge in [0.2, 0.25) is 11.8 Å². The Morgan fingerprint density at radius 3 is 1.53 bits per heavy atom. The van der Waals surface area contributed by atoms with Crippen LogP contribution in [0.2, 0.25) is 0 Å². The van der Waals surface area contributed by atoms with Crippen molar-refractivity contribution in [2.75, 3.05) is 27.3 Å². The molecule has 0 spiro atoms. The Labute approximate surface area is 344 Å². The van der Waals surface area contributed by atoms with E-state index in [1.165, 1.54) is 14.2 Å². The molecule has 312 valence electrons. The van der Waals surface area contributed by atoms with Crippen LogP contribution in [0.4, 0.5) is 9.59 Å². The standard InChI is InChI=1S/C45H56N8O6/c1-23(2)38(50-44(56)58-8)42(54)52-21-25(5)16-36(52)40-46-32-14-11-29(19-34(32)48-40)28-10-13-31(27(7)18-28)30-12-15-33-35(20-30)49-41(47-33)37-17-26(6)22-53(37)43(55)39(24(3)4)51-45(57)59-9/h10-15,18-20,23-26,36-39H,16-17,21-22H2,1-9H3,(H,46,48)(H,47,49)(H,50,56)(H,51,57)/t25-,26-,36-,37-,38-,39-/m0/s1. The van der Waals surface area contributed by atoms with Gasteiger partial charge >= 0.3 is 12.2 Å². The van der Waals surface area contributed by atoms with Gasteiger partial charge in [-0.25, -0.2) is 19.6 Å². The van der Waals surface area contributed by atoms with Crippen molar-refractivity contribution >= 4 is 46.1 Å². The lowest BCUT2D eigenvalue weighted by Gasteiger charge is -2.30. The Balaban J connectivity index is 1.10. The van der Waals surface area contributed by atoms with Gasteiger partial charge < -0.3 is 39.9 Å². The highest BCUT2D eigenvalue weighted by Gasteiger charge is 2.41. The Bertz CT molecular complexity index is 2380. The molecule has 0 bridgehead atoms. The zero-order valence-corrected chi connectivity index (χ0v) is 35.4. The zero-order valence-electron chi connectivity index (χ0n) is 35.4. The molecule has 4 amide bonds. The molecule has 2 aromatic heterocycles. The number of H-pyrrole nitrogens is 2. The maximum absolute atomic E-state index is 13.8. The van der Waals surface area contributed by atoms with E-state index in [0.717, 1.165) is 74.4 Å². The third-order valence-corrected chi connectivity index (χ3v) is 11.9. The van der Waals surface area contributed by atoms with Crippen LogP contribution < -0.4 is 10.6 Å². The minimum Gasteiger partial charge on any atom is -0.453 e. The number of carbonyl (C=O) groups excluding carboxylic acids is 4. The maximum Gasteiger partial charge on any atom is 0.407 e. The van der Waals surface area contributed by atoms with E-state index in [1.807, 2.05) is 49.6 Å². The summed E-state index contributed by atoms with van der Waals surface area (Å²) in [7, 11) is 2.59. The first-order valence-corrected chi connectivity index (χ1v) is 20.6. The number of hydrogen-bond donors (Lipinski definition) is 4. The molecule has 0 saturated carbocycles. The van der Waals surface area contributed by atoms with Gasteiger partial charge in [0.15, 0.2) is 0 Å². The van der Waals surface area contributed by atoms with Gasteiger partial charge in [0.05, 0.1) is 48.4 Å². The number of amides is 4. The first-order chi connectivity index (χ1) is 28.1. The first-order valence-electron chi connectivity index (χ1n) is 20.6. The normalized spacial score (nSPS) is 20.4. The quantitative estimate of drug-likeness (QED) is 0.111. The lowest BCUT2D eigenvalue weighted by molar-refractivity contribution is -0.136. The molecule has 2 saturated heterocycles. The Morgan fingerprint density at radius 2 is 1.08 bits per heavy atom. The van der Waals surface area contributed by atoms with Crippen LogP contribution >= 0.6 is 0 Å². The number of nitrogens with one attached hydrogen (secondary N) is 4. The maximum atomic E-state index is 13.8. The van der Waals surface area contributed by atoms with E-state index in [1.54, 1.807) is 0 Å². The summed E-state index contributed by atoms with van der Waals surface area (Å²) in [4.78, 5) is 72.4. The van der Waals surface area contributed by atoms with Crippen LogP contribution in [0.15, 0.2) is 54.6 Å². The number of imidazole rings is 2. The number of rotatable bonds is 10. The third-order valence-electron chi connectivity index (χ3n) is 11.9. The number of aryl methyl sites for hydroxylation is 1. The molecule has 7 rings (SSSR count). The number of carbonyl (C=O) groups is 4. The molecule has 59 heavy (non-hydrogen) atoms. The number of benzene rings is 3. The van der Waals surface area contributed by atoms with Crippen LogP contribution in [0.5, 0.6) is 0 Å². The van der Waals surface area contributed by atoms with Crippen molar-refractivity contribution in [1.29, 1.82) is 0 Å². The second-order valence-corrected chi connectivity index (χ2v) is 17.1. The SMILES string of the molecule is COC(=O)N[C@H](C(=O)N1C[C@@H](C)C[C@H]1c1nc2cc(-c3ccc(-c4ccc5[nH]c([C@@H]6C[C@H](C)CN6C(=O)[C@@H](NC(=O)OC)C(C)C)nc5c4)c(C)c3)ccc2[nH]1)C(C)C. The Kier molecular flexibility index (Phi) is 11.7. The summed E-state index contributed by atoms with van der Waals surface area (Å²) in [6.45, 7) is 15.1. The summed E-state index contributed by atoms with van der Waals surface area (Å²) in [5, 5.41) is 5.45. The van der Waals surface area contributed by atoms with Gasteiger partial charge in [-0.1, -0.05) is 71.9 Å². The minimum absolute atomic E-state index is 0.120. The number of methoxy groups -OCH3 is 2. The number of fused-ring (bicyclic) bond motifs is 2. The van der Waals surface area contributed by atoms with Gasteiger partial charge in [0.25, 0.3) is 0 Å². The highest BCUT2D eigenvalue weighted by Crippen LogP contribution is 2.39. The van der Waals surface area contributed by atoms with E-state index >= 15 is 0 Å². The van der Waals surface area contributed by atoms with E-state index in [4.69, 9.17) is 19.4 Å². The average molecular weight is 805 g/mol. The lowest BCUT2D eigenvalue weighted by atomic mass is 9.95. The molecule has 0 unspecified atom stereocenters. The molecule has 14 heteroatoms. The van der Waals surface area contributed by atoms with Crippen molar-refractivity contribution < 1.29 is 28.7 Å². The second-order valence-electron chi connectivity index (χ2n) is 17.1. The molecule has 5 aromatic rings. The highest BCUT2D eigenvalue weighted by atomic mass is 16.5. The molecule has 2 fully saturated rings. The van der Waals surface area contributed by atoms with Crippen molar-refractivity contribution in [2.24, 2.45) is 23.7 Å². The van der Waals surface area contributed by atoms with Crippen molar-refractivity contribution in [2.45, 2.75) is 85.5 Å². The summed E-state index contributed by atoms with van der Waals surface area (Å²) >= 11 is 0. The predicted octanol–water partition coefficient (Wildman–Crippen LogP) is 7.66. The van der Waals surface area contributed by atoms with Gasteiger partial charge in [-0.05, 0) is 95.5 Å². The fourth-order valence-electron chi connectivity index (χ4n) is 8.73. The first kappa shape index (κ1) is 41.2. The van der Waals surface area contributed by atoms with Gasteiger partial charge in [-0.3, -0.25) is 9.59 Å². The monoisotopic (exact) mass is 804 g/mol. The topological polar surface area (TPSA) is 175 Å². The second kappa shape index (κ2) is 16.7. The molecule has 14 nitrogen and oxygen atoms in total. The molecule has 2 aliphatic heterocycles. The highest BCUT2D eigenvalue weighted by molar-refractivity contribution is 5.89. The molecule has 6 atom stereocenters. The number of hydrogen-bond acceptors (Lipinski definition) is 8. The number of ether oxygens (including phenoxy) is 2. The molecule has 2 aliphatic rings. The van der Waals surface area contributed by atoms with E-state index < -0.39 is 24.3 Å². The van der Waals surface area contributed by atoms with Gasteiger partial charge in [-0.15, -0.1) is 0 Å². The predicted molar refractivity (Wildman–Crippen MR) is 226 cm³/mol. The van der Waals surface area contributed by atoms with Gasteiger partial charge in [0, 0.05) is 13.1 Å². The molecule has 0 radical (unpaired) electrons. The van der Waals surface area contributed by atoms with E-state index in [2.05, 4.69) is 83.8 Å². The molecule has 4 heterocycles. The number of alkyl carbamates (subject to hydrolysis) is 2. The van der Waals surface area contributed by atoms with E-state index in [-0.39, 0.29) is 47.6 Å². The third kappa shape index (κ3) is 8.35. The van der Waals surface area contributed by atoms with Crippen LogP contribution in [0.1, 0.15) is 83.7 Å². The number of nitrogens with zero attached hydrogens (tertiary/aromatic N) is 4. The smallest absolute Gasteiger partial charge is 0.407 e. The van der Waals surface area contributed by atoms with E-state index in [9.17, 15) is 19.2 Å². The van der Waals surface area contributed by atoms with Crippen molar-refractivity contribution in [3.63, 3.8) is 0 Å². The Morgan fingerprint density at radius 1 is 0.661 bits per heavy atom. The van der Waals surface area contributed by atoms with Crippen LogP contribution in [0.25, 0.3) is 44.3 Å². The fraction of sp³-hybridized carbons (Fsp3) is 0.467. The van der Waals surface area contributed by atoms with Crippen molar-refractivity contribution in [3.8, 4) is 22.3 Å².